The summed E-state index contributed by atoms with van der Waals surface area (Å²) in [5.41, 5.74) is 0.879. The minimum absolute atomic E-state index is 0.0587. The molecular formula is C25H22ClFN2O6S. The van der Waals surface area contributed by atoms with Gasteiger partial charge in [0.25, 0.3) is 0 Å². The zero-order chi connectivity index (χ0) is 25.9. The van der Waals surface area contributed by atoms with Crippen molar-refractivity contribution >= 4 is 39.2 Å². The van der Waals surface area contributed by atoms with Gasteiger partial charge in [-0.2, -0.15) is 4.31 Å². The molecule has 3 aromatic carbocycles. The molecule has 11 heteroatoms. The second kappa shape index (κ2) is 10.7. The van der Waals surface area contributed by atoms with Crippen molar-refractivity contribution in [1.82, 2.24) is 4.31 Å². The Balaban J connectivity index is 1.68. The molecule has 0 aliphatic carbocycles. The van der Waals surface area contributed by atoms with E-state index in [4.69, 9.17) is 21.1 Å². The summed E-state index contributed by atoms with van der Waals surface area (Å²) >= 11 is 5.92. The number of carbonyl (C=O) groups excluding carboxylic acids is 2. The third-order valence-corrected chi connectivity index (χ3v) is 7.63. The Kier molecular flexibility index (Phi) is 7.58. The molecule has 0 saturated carbocycles. The normalized spacial score (nSPS) is 15.2. The van der Waals surface area contributed by atoms with Crippen LogP contribution in [0.15, 0.2) is 77.7 Å². The van der Waals surface area contributed by atoms with Gasteiger partial charge < -0.3 is 14.4 Å². The van der Waals surface area contributed by atoms with Gasteiger partial charge in [-0.05, 0) is 54.1 Å². The van der Waals surface area contributed by atoms with Crippen molar-refractivity contribution in [3.05, 3.63) is 89.2 Å². The number of fused-ring (bicyclic) bond motifs is 1. The summed E-state index contributed by atoms with van der Waals surface area (Å²) in [5.74, 6) is -1.43. The van der Waals surface area contributed by atoms with Crippen molar-refractivity contribution in [1.29, 1.82) is 0 Å². The average Bonchev–Trinajstić information content (AvgIpc) is 2.88. The maximum atomic E-state index is 13.5. The maximum Gasteiger partial charge on any atom is 0.348 e. The van der Waals surface area contributed by atoms with Crippen LogP contribution < -0.4 is 9.64 Å². The first-order valence-corrected chi connectivity index (χ1v) is 12.6. The Bertz CT molecular complexity index is 1370. The largest absolute Gasteiger partial charge is 0.475 e. The van der Waals surface area contributed by atoms with Gasteiger partial charge in [-0.3, -0.25) is 4.79 Å². The molecule has 0 aromatic heterocycles. The molecule has 8 nitrogen and oxygen atoms in total. The van der Waals surface area contributed by atoms with Crippen LogP contribution in [0.1, 0.15) is 5.56 Å². The van der Waals surface area contributed by atoms with Gasteiger partial charge in [0.05, 0.1) is 30.8 Å². The third-order valence-electron chi connectivity index (χ3n) is 5.57. The molecule has 1 aliphatic rings. The lowest BCUT2D eigenvalue weighted by atomic mass is 10.1. The highest BCUT2D eigenvalue weighted by molar-refractivity contribution is 7.89. The monoisotopic (exact) mass is 532 g/mol. The molecule has 0 bridgehead atoms. The first-order chi connectivity index (χ1) is 17.2. The van der Waals surface area contributed by atoms with Crippen LogP contribution in [0.4, 0.5) is 10.1 Å². The van der Waals surface area contributed by atoms with Crippen LogP contribution in [0.2, 0.25) is 5.02 Å². The second-order valence-corrected chi connectivity index (χ2v) is 10.3. The van der Waals surface area contributed by atoms with Gasteiger partial charge in [-0.15, -0.1) is 0 Å². The molecule has 0 fully saturated rings. The van der Waals surface area contributed by atoms with E-state index in [1.54, 1.807) is 24.3 Å². The molecule has 1 atom stereocenters. The van der Waals surface area contributed by atoms with Crippen LogP contribution in [0.5, 0.6) is 5.75 Å². The van der Waals surface area contributed by atoms with E-state index < -0.39 is 40.4 Å². The number of amides is 1. The van der Waals surface area contributed by atoms with E-state index >= 15 is 0 Å². The number of esters is 1. The predicted molar refractivity (Wildman–Crippen MR) is 131 cm³/mol. The molecule has 36 heavy (non-hydrogen) atoms. The summed E-state index contributed by atoms with van der Waals surface area (Å²) < 4.78 is 52.0. The van der Waals surface area contributed by atoms with Crippen molar-refractivity contribution in [3.8, 4) is 5.75 Å². The van der Waals surface area contributed by atoms with Gasteiger partial charge in [0, 0.05) is 11.6 Å². The first-order valence-electron chi connectivity index (χ1n) is 10.8. The fourth-order valence-corrected chi connectivity index (χ4v) is 5.24. The fraction of sp³-hybridized carbons (Fsp3) is 0.200. The number of hydrogen-bond acceptors (Lipinski definition) is 6. The van der Waals surface area contributed by atoms with E-state index in [1.165, 1.54) is 60.5 Å². The van der Waals surface area contributed by atoms with Crippen LogP contribution in [0.3, 0.4) is 0 Å². The number of para-hydroxylation sites is 2. The SMILES string of the molecule is COC(=O)[C@@H]1CN(C(=O)CN(Cc2ccc(F)cc2)S(=O)(=O)c2ccc(Cl)cc2)c2ccccc2O1. The molecule has 0 unspecified atom stereocenters. The van der Waals surface area contributed by atoms with Crippen LogP contribution >= 0.6 is 11.6 Å². The fourth-order valence-electron chi connectivity index (χ4n) is 3.74. The zero-order valence-corrected chi connectivity index (χ0v) is 20.7. The van der Waals surface area contributed by atoms with E-state index in [1.807, 2.05) is 0 Å². The second-order valence-electron chi connectivity index (χ2n) is 7.96. The van der Waals surface area contributed by atoms with Crippen molar-refractivity contribution in [3.63, 3.8) is 0 Å². The van der Waals surface area contributed by atoms with Crippen molar-refractivity contribution in [2.24, 2.45) is 0 Å². The van der Waals surface area contributed by atoms with Gasteiger partial charge >= 0.3 is 5.97 Å². The highest BCUT2D eigenvalue weighted by Gasteiger charge is 2.36. The first kappa shape index (κ1) is 25.6. The Morgan fingerprint density at radius 3 is 2.42 bits per heavy atom. The number of halogens is 2. The van der Waals surface area contributed by atoms with Gasteiger partial charge in [-0.1, -0.05) is 35.9 Å². The third kappa shape index (κ3) is 5.51. The minimum Gasteiger partial charge on any atom is -0.475 e. The summed E-state index contributed by atoms with van der Waals surface area (Å²) in [7, 11) is -2.95. The molecule has 0 spiro atoms. The Morgan fingerprint density at radius 2 is 1.75 bits per heavy atom. The lowest BCUT2D eigenvalue weighted by Crippen LogP contribution is -2.50. The maximum absolute atomic E-state index is 13.5. The van der Waals surface area contributed by atoms with Crippen molar-refractivity contribution in [2.75, 3.05) is 25.1 Å². The number of methoxy groups -OCH3 is 1. The van der Waals surface area contributed by atoms with Crippen LogP contribution in [0.25, 0.3) is 0 Å². The molecular weight excluding hydrogens is 511 g/mol. The topological polar surface area (TPSA) is 93.2 Å². The van der Waals surface area contributed by atoms with Gasteiger partial charge in [0.15, 0.2) is 0 Å². The highest BCUT2D eigenvalue weighted by Crippen LogP contribution is 2.34. The van der Waals surface area contributed by atoms with Crippen LogP contribution in [0, 0.1) is 5.82 Å². The van der Waals surface area contributed by atoms with E-state index in [0.717, 1.165) is 4.31 Å². The highest BCUT2D eigenvalue weighted by atomic mass is 35.5. The molecule has 4 rings (SSSR count). The summed E-state index contributed by atoms with van der Waals surface area (Å²) in [6.07, 6.45) is -1.08. The summed E-state index contributed by atoms with van der Waals surface area (Å²) in [6.45, 7) is -0.901. The summed E-state index contributed by atoms with van der Waals surface area (Å²) in [6, 6.07) is 17.5. The number of sulfonamides is 1. The molecule has 1 heterocycles. The minimum atomic E-state index is -4.16. The number of nitrogens with zero attached hydrogens (tertiary/aromatic N) is 2. The standard InChI is InChI=1S/C25H22ClFN2O6S/c1-34-25(31)23-15-29(21-4-2-3-5-22(21)35-23)24(30)16-28(14-17-6-10-19(27)11-7-17)36(32,33)20-12-8-18(26)9-13-20/h2-13,23H,14-16H2,1H3/t23-/m0/s1. The van der Waals surface area contributed by atoms with E-state index in [-0.39, 0.29) is 23.7 Å². The van der Waals surface area contributed by atoms with Crippen LogP contribution in [-0.2, 0) is 30.9 Å². The van der Waals surface area contributed by atoms with Crippen LogP contribution in [-0.4, -0.2) is 50.9 Å². The molecule has 3 aromatic rings. The molecule has 1 aliphatic heterocycles. The van der Waals surface area contributed by atoms with Gasteiger partial charge in [-0.25, -0.2) is 17.6 Å². The number of carbonyl (C=O) groups is 2. The molecule has 1 amide bonds. The summed E-state index contributed by atoms with van der Waals surface area (Å²) in [5, 5.41) is 0.355. The Labute approximate surface area is 212 Å². The van der Waals surface area contributed by atoms with E-state index in [9.17, 15) is 22.4 Å². The number of rotatable bonds is 7. The number of ether oxygens (including phenoxy) is 2. The summed E-state index contributed by atoms with van der Waals surface area (Å²) in [4.78, 5) is 27.0. The van der Waals surface area contributed by atoms with Gasteiger partial charge in [0.1, 0.15) is 11.6 Å². The van der Waals surface area contributed by atoms with Crippen molar-refractivity contribution < 1.29 is 31.9 Å². The molecule has 0 N–H and O–H groups in total. The smallest absolute Gasteiger partial charge is 0.348 e. The van der Waals surface area contributed by atoms with Crippen molar-refractivity contribution in [2.45, 2.75) is 17.5 Å². The molecule has 0 saturated heterocycles. The quantitative estimate of drug-likeness (QED) is 0.431. The lowest BCUT2D eigenvalue weighted by molar-refractivity contribution is -0.148. The number of anilines is 1. The number of hydrogen-bond donors (Lipinski definition) is 0. The predicted octanol–water partition coefficient (Wildman–Crippen LogP) is 3.64. The van der Waals surface area contributed by atoms with E-state index in [2.05, 4.69) is 0 Å². The Morgan fingerprint density at radius 1 is 1.08 bits per heavy atom. The average molecular weight is 533 g/mol. The number of benzene rings is 3. The molecule has 188 valence electrons. The Hall–Kier alpha value is -3.47. The lowest BCUT2D eigenvalue weighted by Gasteiger charge is -2.34. The van der Waals surface area contributed by atoms with E-state index in [0.29, 0.717) is 16.3 Å². The molecule has 0 radical (unpaired) electrons. The zero-order valence-electron chi connectivity index (χ0n) is 19.1. The van der Waals surface area contributed by atoms with Gasteiger partial charge in [0.2, 0.25) is 22.0 Å².